The molecule has 2 rings (SSSR count). The first kappa shape index (κ1) is 14.3. The summed E-state index contributed by atoms with van der Waals surface area (Å²) >= 11 is 0. The van der Waals surface area contributed by atoms with E-state index in [1.807, 2.05) is 0 Å². The number of benzene rings is 2. The molecule has 0 saturated carbocycles. The highest BCUT2D eigenvalue weighted by Gasteiger charge is 2.17. The van der Waals surface area contributed by atoms with Gasteiger partial charge in [-0.3, -0.25) is 4.72 Å². The molecule has 7 heteroatoms. The molecule has 3 N–H and O–H groups in total. The zero-order chi connectivity index (χ0) is 14.9. The highest BCUT2D eigenvalue weighted by Crippen LogP contribution is 2.22. The summed E-state index contributed by atoms with van der Waals surface area (Å²) in [5, 5.41) is 0. The highest BCUT2D eigenvalue weighted by atomic mass is 32.2. The van der Waals surface area contributed by atoms with Gasteiger partial charge in [0, 0.05) is 0 Å². The summed E-state index contributed by atoms with van der Waals surface area (Å²) in [6.07, 6.45) is 0. The summed E-state index contributed by atoms with van der Waals surface area (Å²) in [5.41, 5.74) is 5.79. The minimum absolute atomic E-state index is 0.0993. The second kappa shape index (κ2) is 5.09. The van der Waals surface area contributed by atoms with Crippen molar-refractivity contribution in [3.05, 3.63) is 53.6 Å². The third kappa shape index (κ3) is 2.88. The predicted molar refractivity (Wildman–Crippen MR) is 72.8 cm³/mol. The number of aryl methyl sites for hydroxylation is 1. The van der Waals surface area contributed by atoms with Gasteiger partial charge in [-0.2, -0.15) is 0 Å². The summed E-state index contributed by atoms with van der Waals surface area (Å²) in [6.45, 7) is 1.63. The van der Waals surface area contributed by atoms with Crippen molar-refractivity contribution in [1.82, 2.24) is 0 Å². The molecule has 0 fully saturated rings. The van der Waals surface area contributed by atoms with Gasteiger partial charge in [-0.15, -0.1) is 0 Å². The van der Waals surface area contributed by atoms with Crippen LogP contribution in [0.25, 0.3) is 0 Å². The van der Waals surface area contributed by atoms with Gasteiger partial charge in [0.1, 0.15) is 11.6 Å². The number of nitrogens with two attached hydrogens (primary N) is 1. The molecular formula is C13H12F2N2O2S. The maximum absolute atomic E-state index is 13.3. The lowest BCUT2D eigenvalue weighted by atomic mass is 10.2. The molecule has 0 spiro atoms. The second-order valence-corrected chi connectivity index (χ2v) is 5.93. The van der Waals surface area contributed by atoms with Crippen LogP contribution in [0.1, 0.15) is 5.56 Å². The van der Waals surface area contributed by atoms with E-state index in [-0.39, 0.29) is 16.3 Å². The van der Waals surface area contributed by atoms with Crippen LogP contribution in [-0.2, 0) is 10.0 Å². The summed E-state index contributed by atoms with van der Waals surface area (Å²) in [6, 6.07) is 6.86. The first-order valence-corrected chi connectivity index (χ1v) is 7.12. The van der Waals surface area contributed by atoms with E-state index in [0.717, 1.165) is 18.2 Å². The number of sulfonamides is 1. The molecule has 0 bridgehead atoms. The molecule has 0 saturated heterocycles. The van der Waals surface area contributed by atoms with Crippen molar-refractivity contribution in [3.8, 4) is 0 Å². The predicted octanol–water partition coefficient (Wildman–Crippen LogP) is 2.66. The van der Waals surface area contributed by atoms with Gasteiger partial charge in [0.05, 0.1) is 16.3 Å². The minimum atomic E-state index is -4.00. The van der Waals surface area contributed by atoms with Crippen molar-refractivity contribution < 1.29 is 17.2 Å². The van der Waals surface area contributed by atoms with E-state index in [9.17, 15) is 17.2 Å². The fourth-order valence-electron chi connectivity index (χ4n) is 1.58. The molecule has 0 aliphatic carbocycles. The molecule has 0 aliphatic heterocycles. The number of halogens is 2. The van der Waals surface area contributed by atoms with Gasteiger partial charge < -0.3 is 5.73 Å². The Balaban J connectivity index is 2.40. The average Bonchev–Trinajstić information content (AvgIpc) is 2.36. The van der Waals surface area contributed by atoms with E-state index < -0.39 is 21.7 Å². The number of hydrogen-bond acceptors (Lipinski definition) is 3. The van der Waals surface area contributed by atoms with E-state index >= 15 is 0 Å². The maximum atomic E-state index is 13.3. The molecule has 0 aliphatic rings. The van der Waals surface area contributed by atoms with Crippen molar-refractivity contribution >= 4 is 21.4 Å². The van der Waals surface area contributed by atoms with Gasteiger partial charge in [-0.1, -0.05) is 6.07 Å². The molecule has 2 aromatic carbocycles. The normalized spacial score (nSPS) is 11.3. The second-order valence-electron chi connectivity index (χ2n) is 4.25. The first-order valence-electron chi connectivity index (χ1n) is 5.63. The van der Waals surface area contributed by atoms with Crippen LogP contribution in [0.4, 0.5) is 20.2 Å². The fourth-order valence-corrected chi connectivity index (χ4v) is 2.72. The Bertz CT molecular complexity index is 761. The number of rotatable bonds is 3. The monoisotopic (exact) mass is 298 g/mol. The number of nitrogens with one attached hydrogen (secondary N) is 1. The molecule has 2 aromatic rings. The van der Waals surface area contributed by atoms with Gasteiger partial charge in [-0.05, 0) is 42.8 Å². The van der Waals surface area contributed by atoms with Crippen LogP contribution >= 0.6 is 0 Å². The van der Waals surface area contributed by atoms with Crippen LogP contribution in [0.2, 0.25) is 0 Å². The van der Waals surface area contributed by atoms with Crippen LogP contribution in [0.15, 0.2) is 41.3 Å². The first-order chi connectivity index (χ1) is 9.29. The highest BCUT2D eigenvalue weighted by molar-refractivity contribution is 7.92. The van der Waals surface area contributed by atoms with Crippen molar-refractivity contribution in [2.45, 2.75) is 11.8 Å². The third-order valence-electron chi connectivity index (χ3n) is 2.73. The Morgan fingerprint density at radius 3 is 2.45 bits per heavy atom. The Morgan fingerprint density at radius 2 is 1.80 bits per heavy atom. The molecule has 0 heterocycles. The van der Waals surface area contributed by atoms with E-state index in [1.54, 1.807) is 6.92 Å². The molecule has 0 aromatic heterocycles. The SMILES string of the molecule is Cc1ccc(F)cc1NS(=O)(=O)c1ccc(N)c(F)c1. The van der Waals surface area contributed by atoms with Crippen LogP contribution in [0.5, 0.6) is 0 Å². The molecule has 4 nitrogen and oxygen atoms in total. The van der Waals surface area contributed by atoms with Crippen molar-refractivity contribution in [2.24, 2.45) is 0 Å². The zero-order valence-corrected chi connectivity index (χ0v) is 11.3. The average molecular weight is 298 g/mol. The quantitative estimate of drug-likeness (QED) is 0.856. The number of nitrogen functional groups attached to an aromatic ring is 1. The standard InChI is InChI=1S/C13H12F2N2O2S/c1-8-2-3-9(14)6-13(8)17-20(18,19)10-4-5-12(16)11(15)7-10/h2-7,17H,16H2,1H3. The summed E-state index contributed by atoms with van der Waals surface area (Å²) in [5.74, 6) is -1.40. The maximum Gasteiger partial charge on any atom is 0.262 e. The van der Waals surface area contributed by atoms with Gasteiger partial charge in [0.25, 0.3) is 10.0 Å². The Morgan fingerprint density at radius 1 is 1.10 bits per heavy atom. The van der Waals surface area contributed by atoms with E-state index in [1.165, 1.54) is 18.2 Å². The summed E-state index contributed by atoms with van der Waals surface area (Å²) < 4.78 is 52.8. The lowest BCUT2D eigenvalue weighted by Gasteiger charge is -2.11. The van der Waals surface area contributed by atoms with Gasteiger partial charge in [0.15, 0.2) is 0 Å². The summed E-state index contributed by atoms with van der Waals surface area (Å²) in [4.78, 5) is -0.284. The van der Waals surface area contributed by atoms with Crippen molar-refractivity contribution in [2.75, 3.05) is 10.5 Å². The molecule has 106 valence electrons. The minimum Gasteiger partial charge on any atom is -0.396 e. The molecule has 0 amide bonds. The van der Waals surface area contributed by atoms with Crippen LogP contribution in [0.3, 0.4) is 0 Å². The Hall–Kier alpha value is -2.15. The van der Waals surface area contributed by atoms with Gasteiger partial charge in [-0.25, -0.2) is 17.2 Å². The van der Waals surface area contributed by atoms with Gasteiger partial charge >= 0.3 is 0 Å². The topological polar surface area (TPSA) is 72.2 Å². The van der Waals surface area contributed by atoms with E-state index in [4.69, 9.17) is 5.73 Å². The van der Waals surface area contributed by atoms with Crippen LogP contribution < -0.4 is 10.5 Å². The van der Waals surface area contributed by atoms with Crippen molar-refractivity contribution in [3.63, 3.8) is 0 Å². The molecule has 0 unspecified atom stereocenters. The fraction of sp³-hybridized carbons (Fsp3) is 0.0769. The largest absolute Gasteiger partial charge is 0.396 e. The lowest BCUT2D eigenvalue weighted by molar-refractivity contribution is 0.596. The molecule has 0 radical (unpaired) electrons. The van der Waals surface area contributed by atoms with Gasteiger partial charge in [0.2, 0.25) is 0 Å². The molecule has 20 heavy (non-hydrogen) atoms. The van der Waals surface area contributed by atoms with Crippen LogP contribution in [0, 0.1) is 18.6 Å². The van der Waals surface area contributed by atoms with Crippen LogP contribution in [-0.4, -0.2) is 8.42 Å². The lowest BCUT2D eigenvalue weighted by Crippen LogP contribution is -2.14. The Kier molecular flexibility index (Phi) is 3.63. The van der Waals surface area contributed by atoms with Crippen molar-refractivity contribution in [1.29, 1.82) is 0 Å². The number of hydrogen-bond donors (Lipinski definition) is 2. The molecule has 0 atom stereocenters. The number of anilines is 2. The van der Waals surface area contributed by atoms with E-state index in [0.29, 0.717) is 5.56 Å². The van der Waals surface area contributed by atoms with E-state index in [2.05, 4.69) is 4.72 Å². The third-order valence-corrected chi connectivity index (χ3v) is 4.09. The zero-order valence-electron chi connectivity index (χ0n) is 10.5. The smallest absolute Gasteiger partial charge is 0.262 e. The molecular weight excluding hydrogens is 286 g/mol. The summed E-state index contributed by atoms with van der Waals surface area (Å²) in [7, 11) is -4.00. The Labute approximate surface area is 115 Å².